The van der Waals surface area contributed by atoms with Gasteiger partial charge in [-0.3, -0.25) is 18.6 Å². The van der Waals surface area contributed by atoms with Crippen LogP contribution in [0.1, 0.15) is 181 Å². The molecule has 330 valence electrons. The molecule has 0 aromatic heterocycles. The van der Waals surface area contributed by atoms with Crippen molar-refractivity contribution in [2.45, 2.75) is 193 Å². The van der Waals surface area contributed by atoms with Gasteiger partial charge in [0.2, 0.25) is 0 Å². The number of unbranched alkanes of at least 4 members (excludes halogenated alkanes) is 17. The van der Waals surface area contributed by atoms with Crippen molar-refractivity contribution < 1.29 is 47.8 Å². The Kier molecular flexibility index (Phi) is 40.1. The maximum absolute atomic E-state index is 12.6. The lowest BCUT2D eigenvalue weighted by atomic mass is 10.1. The molecule has 0 heterocycles. The van der Waals surface area contributed by atoms with Crippen molar-refractivity contribution in [3.05, 3.63) is 60.8 Å². The lowest BCUT2D eigenvalue weighted by molar-refractivity contribution is -0.161. The van der Waals surface area contributed by atoms with Gasteiger partial charge in [-0.25, -0.2) is 4.57 Å². The Morgan fingerprint density at radius 1 is 0.526 bits per heavy atom. The monoisotopic (exact) mass is 825 g/mol. The summed E-state index contributed by atoms with van der Waals surface area (Å²) in [6.45, 7) is 2.29. The SMILES string of the molecule is CCCCCC=CCC=CCC=CCC=CCCCCCC(=O)OC(COC(=O)CCCCCCCC=CCCCCCCCC)COP(=O)(O)OCC(O)CO. The topological polar surface area (TPSA) is 149 Å². The van der Waals surface area contributed by atoms with Crippen LogP contribution in [0, 0.1) is 0 Å². The van der Waals surface area contributed by atoms with E-state index in [1.807, 2.05) is 0 Å². The first-order valence-corrected chi connectivity index (χ1v) is 23.7. The van der Waals surface area contributed by atoms with Crippen molar-refractivity contribution in [1.29, 1.82) is 0 Å². The first-order valence-electron chi connectivity index (χ1n) is 22.2. The summed E-state index contributed by atoms with van der Waals surface area (Å²) in [5.41, 5.74) is 0. The van der Waals surface area contributed by atoms with Gasteiger partial charge in [-0.05, 0) is 83.5 Å². The predicted octanol–water partition coefficient (Wildman–Crippen LogP) is 11.9. The number of aliphatic hydroxyl groups is 2. The zero-order valence-electron chi connectivity index (χ0n) is 35.8. The van der Waals surface area contributed by atoms with Gasteiger partial charge >= 0.3 is 19.8 Å². The summed E-state index contributed by atoms with van der Waals surface area (Å²) in [6.07, 6.45) is 46.1. The van der Waals surface area contributed by atoms with Gasteiger partial charge in [0, 0.05) is 12.8 Å². The molecule has 0 bridgehead atoms. The highest BCUT2D eigenvalue weighted by molar-refractivity contribution is 7.47. The molecular weight excluding hydrogens is 743 g/mol. The number of carbonyl (C=O) groups is 2. The summed E-state index contributed by atoms with van der Waals surface area (Å²) in [7, 11) is -4.63. The second-order valence-corrected chi connectivity index (χ2v) is 16.2. The molecule has 0 aliphatic carbocycles. The zero-order chi connectivity index (χ0) is 41.9. The Bertz CT molecular complexity index is 1130. The summed E-state index contributed by atoms with van der Waals surface area (Å²) in [4.78, 5) is 35.0. The van der Waals surface area contributed by atoms with Crippen molar-refractivity contribution in [3.8, 4) is 0 Å². The molecule has 0 radical (unpaired) electrons. The molecule has 0 aliphatic rings. The average molecular weight is 825 g/mol. The molecule has 3 N–H and O–H groups in total. The van der Waals surface area contributed by atoms with Crippen LogP contribution < -0.4 is 0 Å². The molecule has 0 amide bonds. The third kappa shape index (κ3) is 41.6. The van der Waals surface area contributed by atoms with Crippen molar-refractivity contribution in [1.82, 2.24) is 0 Å². The van der Waals surface area contributed by atoms with Crippen LogP contribution in [0.4, 0.5) is 0 Å². The largest absolute Gasteiger partial charge is 0.472 e. The Morgan fingerprint density at radius 3 is 1.44 bits per heavy atom. The summed E-state index contributed by atoms with van der Waals surface area (Å²) >= 11 is 0. The van der Waals surface area contributed by atoms with E-state index in [9.17, 15) is 24.2 Å². The second-order valence-electron chi connectivity index (χ2n) is 14.7. The number of rotatable bonds is 41. The van der Waals surface area contributed by atoms with E-state index in [0.29, 0.717) is 12.8 Å². The standard InChI is InChI=1S/C46H81O10P/c1-3-5-7-9-11-13-15-17-19-20-21-22-24-26-28-30-32-34-36-38-46(50)56-44(42-55-57(51,52)54-40-43(48)39-47)41-53-45(49)37-35-33-31-29-27-25-23-18-16-14-12-10-8-6-4-2/h11,13,17-19,21-23,26,28,43-44,47-48H,3-10,12,14-16,20,24-25,27,29-42H2,1-2H3,(H,51,52). The lowest BCUT2D eigenvalue weighted by Gasteiger charge is -2.20. The average Bonchev–Trinajstić information content (AvgIpc) is 3.20. The molecule has 3 atom stereocenters. The van der Waals surface area contributed by atoms with Gasteiger partial charge in [0.1, 0.15) is 12.7 Å². The maximum atomic E-state index is 12.6. The minimum absolute atomic E-state index is 0.143. The molecule has 0 aromatic carbocycles. The first-order chi connectivity index (χ1) is 27.7. The van der Waals surface area contributed by atoms with Crippen LogP contribution in [0.5, 0.6) is 0 Å². The molecule has 0 fully saturated rings. The summed E-state index contributed by atoms with van der Waals surface area (Å²) in [6, 6.07) is 0. The van der Waals surface area contributed by atoms with Crippen molar-refractivity contribution in [2.75, 3.05) is 26.4 Å². The van der Waals surface area contributed by atoms with Crippen LogP contribution in [-0.2, 0) is 32.7 Å². The van der Waals surface area contributed by atoms with E-state index >= 15 is 0 Å². The number of esters is 2. The van der Waals surface area contributed by atoms with Crippen molar-refractivity contribution >= 4 is 19.8 Å². The van der Waals surface area contributed by atoms with E-state index in [2.05, 4.69) is 79.1 Å². The molecule has 0 aliphatic heterocycles. The number of allylic oxidation sites excluding steroid dienone is 10. The lowest BCUT2D eigenvalue weighted by Crippen LogP contribution is -2.29. The van der Waals surface area contributed by atoms with E-state index in [0.717, 1.165) is 77.0 Å². The molecule has 0 aromatic rings. The van der Waals surface area contributed by atoms with Crippen LogP contribution in [-0.4, -0.2) is 65.7 Å². The molecule has 0 spiro atoms. The van der Waals surface area contributed by atoms with Crippen LogP contribution in [0.2, 0.25) is 0 Å². The molecule has 10 nitrogen and oxygen atoms in total. The van der Waals surface area contributed by atoms with Gasteiger partial charge in [0.15, 0.2) is 6.10 Å². The number of phosphoric acid groups is 1. The van der Waals surface area contributed by atoms with Gasteiger partial charge < -0.3 is 24.6 Å². The van der Waals surface area contributed by atoms with Gasteiger partial charge in [-0.1, -0.05) is 145 Å². The molecule has 11 heteroatoms. The molecule has 0 saturated carbocycles. The van der Waals surface area contributed by atoms with E-state index < -0.39 is 51.8 Å². The van der Waals surface area contributed by atoms with Crippen LogP contribution >= 0.6 is 7.82 Å². The highest BCUT2D eigenvalue weighted by atomic mass is 31.2. The van der Waals surface area contributed by atoms with Crippen LogP contribution in [0.3, 0.4) is 0 Å². The number of ether oxygens (including phenoxy) is 2. The fourth-order valence-corrected chi connectivity index (χ4v) is 6.47. The van der Waals surface area contributed by atoms with Gasteiger partial charge in [-0.2, -0.15) is 0 Å². The number of aliphatic hydroxyl groups excluding tert-OH is 2. The first kappa shape index (κ1) is 54.7. The molecular formula is C46H81O10P. The molecule has 57 heavy (non-hydrogen) atoms. The fourth-order valence-electron chi connectivity index (χ4n) is 5.68. The maximum Gasteiger partial charge on any atom is 0.472 e. The highest BCUT2D eigenvalue weighted by Gasteiger charge is 2.27. The predicted molar refractivity (Wildman–Crippen MR) is 233 cm³/mol. The minimum atomic E-state index is -4.63. The zero-order valence-corrected chi connectivity index (χ0v) is 36.7. The van der Waals surface area contributed by atoms with E-state index in [1.54, 1.807) is 0 Å². The van der Waals surface area contributed by atoms with E-state index in [1.165, 1.54) is 64.2 Å². The van der Waals surface area contributed by atoms with Crippen LogP contribution in [0.15, 0.2) is 60.8 Å². The summed E-state index contributed by atoms with van der Waals surface area (Å²) < 4.78 is 32.7. The third-order valence-corrected chi connectivity index (χ3v) is 10.1. The number of carbonyl (C=O) groups excluding carboxylic acids is 2. The van der Waals surface area contributed by atoms with E-state index in [4.69, 9.17) is 19.1 Å². The smallest absolute Gasteiger partial charge is 0.462 e. The Balaban J connectivity index is 4.38. The van der Waals surface area contributed by atoms with E-state index in [-0.39, 0.29) is 19.4 Å². The van der Waals surface area contributed by atoms with Gasteiger partial charge in [0.25, 0.3) is 0 Å². The minimum Gasteiger partial charge on any atom is -0.462 e. The highest BCUT2D eigenvalue weighted by Crippen LogP contribution is 2.43. The third-order valence-electron chi connectivity index (χ3n) is 9.14. The number of phosphoric ester groups is 1. The normalized spacial score (nSPS) is 14.4. The quantitative estimate of drug-likeness (QED) is 0.0235. The summed E-state index contributed by atoms with van der Waals surface area (Å²) in [5, 5.41) is 18.3. The van der Waals surface area contributed by atoms with Gasteiger partial charge in [-0.15, -0.1) is 0 Å². The van der Waals surface area contributed by atoms with Gasteiger partial charge in [0.05, 0.1) is 19.8 Å². The van der Waals surface area contributed by atoms with Crippen molar-refractivity contribution in [2.24, 2.45) is 0 Å². The molecule has 0 saturated heterocycles. The number of hydrogen-bond donors (Lipinski definition) is 3. The Labute approximate surface area is 346 Å². The Morgan fingerprint density at radius 2 is 0.912 bits per heavy atom. The molecule has 3 unspecified atom stereocenters. The van der Waals surface area contributed by atoms with Crippen LogP contribution in [0.25, 0.3) is 0 Å². The second kappa shape index (κ2) is 41.8. The summed E-state index contributed by atoms with van der Waals surface area (Å²) in [5.74, 6) is -0.973. The fraction of sp³-hybridized carbons (Fsp3) is 0.739. The Hall–Kier alpha value is -2.33. The number of hydrogen-bond acceptors (Lipinski definition) is 9. The molecule has 0 rings (SSSR count). The van der Waals surface area contributed by atoms with Crippen molar-refractivity contribution in [3.63, 3.8) is 0 Å².